The summed E-state index contributed by atoms with van der Waals surface area (Å²) in [4.78, 5) is 14.0. The number of nitrogens with one attached hydrogen (secondary N) is 1. The second-order valence-electron chi connectivity index (χ2n) is 3.85. The van der Waals surface area contributed by atoms with E-state index in [1.165, 1.54) is 15.3 Å². The zero-order valence-electron chi connectivity index (χ0n) is 8.55. The van der Waals surface area contributed by atoms with Crippen molar-refractivity contribution in [2.75, 3.05) is 0 Å². The van der Waals surface area contributed by atoms with Crippen molar-refractivity contribution < 1.29 is 4.79 Å². The Labute approximate surface area is 91.1 Å². The molecule has 0 atom stereocenters. The highest BCUT2D eigenvalue weighted by Gasteiger charge is 2.27. The highest BCUT2D eigenvalue weighted by atomic mass is 32.1. The zero-order chi connectivity index (χ0) is 10.6. The van der Waals surface area contributed by atoms with Crippen LogP contribution in [-0.2, 0) is 6.42 Å². The Hall–Kier alpha value is -1.42. The topological polar surface area (TPSA) is 45.8 Å². The minimum atomic E-state index is 0.0654. The van der Waals surface area contributed by atoms with Crippen LogP contribution in [0.25, 0.3) is 11.3 Å². The molecule has 15 heavy (non-hydrogen) atoms. The lowest BCUT2D eigenvalue weighted by molar-refractivity contribution is 0.101. The first-order valence-electron chi connectivity index (χ1n) is 4.84. The number of aromatic nitrogens is 2. The molecule has 2 aromatic heterocycles. The molecule has 0 bridgehead atoms. The van der Waals surface area contributed by atoms with Gasteiger partial charge in [-0.15, -0.1) is 11.3 Å². The molecule has 4 heteroatoms. The van der Waals surface area contributed by atoms with Crippen LogP contribution < -0.4 is 0 Å². The standard InChI is InChI=1S/C11H10N2OS/c1-5-3-7-9(15-5)4-8-10(6(2)14)12-13-11(7)8/h3H,4H2,1-2H3,(H,12,13). The van der Waals surface area contributed by atoms with Gasteiger partial charge in [-0.05, 0) is 13.0 Å². The van der Waals surface area contributed by atoms with Crippen LogP contribution in [0.5, 0.6) is 0 Å². The van der Waals surface area contributed by atoms with Crippen molar-refractivity contribution in [3.63, 3.8) is 0 Å². The molecule has 0 saturated heterocycles. The number of H-pyrrole nitrogens is 1. The highest BCUT2D eigenvalue weighted by molar-refractivity contribution is 7.12. The summed E-state index contributed by atoms with van der Waals surface area (Å²) < 4.78 is 0. The number of carbonyl (C=O) groups is 1. The maximum Gasteiger partial charge on any atom is 0.177 e. The smallest absolute Gasteiger partial charge is 0.177 e. The van der Waals surface area contributed by atoms with Gasteiger partial charge in [0.1, 0.15) is 5.69 Å². The van der Waals surface area contributed by atoms with Crippen molar-refractivity contribution in [2.24, 2.45) is 0 Å². The maximum absolute atomic E-state index is 11.3. The van der Waals surface area contributed by atoms with Gasteiger partial charge < -0.3 is 0 Å². The molecule has 3 nitrogen and oxygen atoms in total. The quantitative estimate of drug-likeness (QED) is 0.638. The lowest BCUT2D eigenvalue weighted by Crippen LogP contribution is -1.96. The van der Waals surface area contributed by atoms with Crippen LogP contribution in [0.1, 0.15) is 32.7 Å². The first-order chi connectivity index (χ1) is 7.16. The minimum Gasteiger partial charge on any atom is -0.293 e. The number of aromatic amines is 1. The molecule has 3 rings (SSSR count). The summed E-state index contributed by atoms with van der Waals surface area (Å²) in [5, 5.41) is 7.06. The van der Waals surface area contributed by atoms with E-state index in [0.717, 1.165) is 17.7 Å². The van der Waals surface area contributed by atoms with E-state index >= 15 is 0 Å². The van der Waals surface area contributed by atoms with Crippen LogP contribution >= 0.6 is 11.3 Å². The molecule has 2 heterocycles. The molecule has 0 radical (unpaired) electrons. The molecule has 0 amide bonds. The monoisotopic (exact) mass is 218 g/mol. The van der Waals surface area contributed by atoms with E-state index in [4.69, 9.17) is 0 Å². The predicted molar refractivity (Wildman–Crippen MR) is 59.4 cm³/mol. The molecule has 2 aromatic rings. The number of carbonyl (C=O) groups excluding carboxylic acids is 1. The van der Waals surface area contributed by atoms with Crippen molar-refractivity contribution >= 4 is 17.1 Å². The first-order valence-corrected chi connectivity index (χ1v) is 5.66. The molecule has 0 fully saturated rings. The van der Waals surface area contributed by atoms with Gasteiger partial charge in [0.2, 0.25) is 0 Å². The fourth-order valence-corrected chi connectivity index (χ4v) is 3.15. The van der Waals surface area contributed by atoms with E-state index in [9.17, 15) is 4.79 Å². The molecule has 0 unspecified atom stereocenters. The third-order valence-corrected chi connectivity index (χ3v) is 3.79. The van der Waals surface area contributed by atoms with Crippen LogP contribution in [0.4, 0.5) is 0 Å². The third kappa shape index (κ3) is 1.11. The molecule has 76 valence electrons. The van der Waals surface area contributed by atoms with Crippen molar-refractivity contribution in [2.45, 2.75) is 20.3 Å². The maximum atomic E-state index is 11.3. The van der Waals surface area contributed by atoms with Crippen molar-refractivity contribution in [3.8, 4) is 11.3 Å². The number of hydrogen-bond acceptors (Lipinski definition) is 3. The zero-order valence-corrected chi connectivity index (χ0v) is 9.36. The van der Waals surface area contributed by atoms with Crippen LogP contribution in [0, 0.1) is 6.92 Å². The molecular formula is C11H10N2OS. The van der Waals surface area contributed by atoms with Gasteiger partial charge in [-0.3, -0.25) is 9.89 Å². The van der Waals surface area contributed by atoms with E-state index in [2.05, 4.69) is 23.2 Å². The first kappa shape index (κ1) is 8.85. The van der Waals surface area contributed by atoms with Crippen LogP contribution in [0.2, 0.25) is 0 Å². The van der Waals surface area contributed by atoms with Crippen LogP contribution in [-0.4, -0.2) is 16.0 Å². The summed E-state index contributed by atoms with van der Waals surface area (Å²) in [5.74, 6) is 0.0654. The second-order valence-corrected chi connectivity index (χ2v) is 5.19. The average molecular weight is 218 g/mol. The normalized spacial score (nSPS) is 12.7. The number of thiophene rings is 1. The fraction of sp³-hybridized carbons (Fsp3) is 0.273. The molecule has 0 spiro atoms. The van der Waals surface area contributed by atoms with Crippen molar-refractivity contribution in [1.29, 1.82) is 0 Å². The molecular weight excluding hydrogens is 208 g/mol. The van der Waals surface area contributed by atoms with Gasteiger partial charge in [0.15, 0.2) is 5.78 Å². The molecule has 1 N–H and O–H groups in total. The van der Waals surface area contributed by atoms with Gasteiger partial charge in [-0.1, -0.05) is 0 Å². The van der Waals surface area contributed by atoms with Gasteiger partial charge in [-0.25, -0.2) is 0 Å². The lowest BCUT2D eigenvalue weighted by atomic mass is 10.1. The Balaban J connectivity index is 2.21. The Morgan fingerprint density at radius 1 is 1.60 bits per heavy atom. The lowest BCUT2D eigenvalue weighted by Gasteiger charge is -1.93. The van der Waals surface area contributed by atoms with Gasteiger partial charge in [0, 0.05) is 34.2 Å². The minimum absolute atomic E-state index is 0.0654. The summed E-state index contributed by atoms with van der Waals surface area (Å²) in [5.41, 5.74) is 3.92. The van der Waals surface area contributed by atoms with E-state index in [0.29, 0.717) is 5.69 Å². The Morgan fingerprint density at radius 3 is 3.13 bits per heavy atom. The Kier molecular flexibility index (Phi) is 1.65. The van der Waals surface area contributed by atoms with Gasteiger partial charge >= 0.3 is 0 Å². The average Bonchev–Trinajstić information content (AvgIpc) is 2.73. The number of rotatable bonds is 1. The summed E-state index contributed by atoms with van der Waals surface area (Å²) in [6, 6.07) is 2.15. The number of ketones is 1. The number of aryl methyl sites for hydroxylation is 1. The molecule has 1 aliphatic rings. The summed E-state index contributed by atoms with van der Waals surface area (Å²) >= 11 is 1.79. The van der Waals surface area contributed by atoms with E-state index in [-0.39, 0.29) is 5.78 Å². The van der Waals surface area contributed by atoms with Crippen LogP contribution in [0.3, 0.4) is 0 Å². The Bertz CT molecular complexity index is 565. The largest absolute Gasteiger partial charge is 0.293 e. The number of nitrogens with zero attached hydrogens (tertiary/aromatic N) is 1. The summed E-state index contributed by atoms with van der Waals surface area (Å²) in [6.45, 7) is 3.67. The predicted octanol–water partition coefficient (Wildman–Crippen LogP) is 2.55. The SMILES string of the molecule is CC(=O)c1[nH]nc2c1Cc1sc(C)cc1-2. The van der Waals surface area contributed by atoms with Gasteiger partial charge in [-0.2, -0.15) is 5.10 Å². The molecule has 0 aliphatic heterocycles. The fourth-order valence-electron chi connectivity index (χ4n) is 2.11. The molecule has 1 aliphatic carbocycles. The number of hydrogen-bond donors (Lipinski definition) is 1. The Morgan fingerprint density at radius 2 is 2.40 bits per heavy atom. The van der Waals surface area contributed by atoms with E-state index in [1.54, 1.807) is 18.3 Å². The summed E-state index contributed by atoms with van der Waals surface area (Å²) in [7, 11) is 0. The van der Waals surface area contributed by atoms with E-state index in [1.807, 2.05) is 0 Å². The molecule has 0 aromatic carbocycles. The van der Waals surface area contributed by atoms with Gasteiger partial charge in [0.25, 0.3) is 0 Å². The van der Waals surface area contributed by atoms with Crippen molar-refractivity contribution in [1.82, 2.24) is 10.2 Å². The number of Topliss-reactive ketones (excluding diaryl/α,β-unsaturated/α-hetero) is 1. The third-order valence-electron chi connectivity index (χ3n) is 2.74. The van der Waals surface area contributed by atoms with Crippen molar-refractivity contribution in [3.05, 3.63) is 27.1 Å². The summed E-state index contributed by atoms with van der Waals surface area (Å²) in [6.07, 6.45) is 0.856. The van der Waals surface area contributed by atoms with Gasteiger partial charge in [0.05, 0.1) is 5.69 Å². The second kappa shape index (κ2) is 2.79. The highest BCUT2D eigenvalue weighted by Crippen LogP contribution is 2.41. The van der Waals surface area contributed by atoms with E-state index < -0.39 is 0 Å². The number of fused-ring (bicyclic) bond motifs is 3. The van der Waals surface area contributed by atoms with Crippen LogP contribution in [0.15, 0.2) is 6.07 Å². The molecule has 0 saturated carbocycles.